The largest absolute Gasteiger partial charge is 0.322 e. The van der Waals surface area contributed by atoms with Crippen LogP contribution in [0, 0.1) is 0 Å². The van der Waals surface area contributed by atoms with Gasteiger partial charge in [-0.15, -0.1) is 0 Å². The lowest BCUT2D eigenvalue weighted by atomic mass is 10.2. The van der Waals surface area contributed by atoms with E-state index in [0.29, 0.717) is 17.0 Å². The smallest absolute Gasteiger partial charge is 0.257 e. The van der Waals surface area contributed by atoms with Gasteiger partial charge < -0.3 is 5.32 Å². The fourth-order valence-corrected chi connectivity index (χ4v) is 2.72. The average Bonchev–Trinajstić information content (AvgIpc) is 2.47. The number of anilines is 1. The van der Waals surface area contributed by atoms with Gasteiger partial charge in [-0.3, -0.25) is 14.0 Å². The van der Waals surface area contributed by atoms with Crippen molar-refractivity contribution in [3.05, 3.63) is 59.9 Å². The molecule has 1 atom stereocenters. The van der Waals surface area contributed by atoms with Crippen molar-refractivity contribution >= 4 is 22.4 Å². The lowest BCUT2D eigenvalue weighted by molar-refractivity contribution is 0.102. The summed E-state index contributed by atoms with van der Waals surface area (Å²) >= 11 is 0. The molecule has 4 nitrogen and oxygen atoms in total. The number of hydrogen-bond donors (Lipinski definition) is 1. The highest BCUT2D eigenvalue weighted by Gasteiger charge is 2.19. The molecular weight excluding hydrogens is 296 g/mol. The van der Waals surface area contributed by atoms with Crippen molar-refractivity contribution < 1.29 is 9.00 Å². The summed E-state index contributed by atoms with van der Waals surface area (Å²) in [7, 11) is -0.968. The molecule has 0 aliphatic heterocycles. The average molecular weight is 316 g/mol. The molecule has 1 heterocycles. The monoisotopic (exact) mass is 316 g/mol. The maximum absolute atomic E-state index is 12.2. The Morgan fingerprint density at radius 3 is 2.64 bits per heavy atom. The van der Waals surface area contributed by atoms with E-state index in [-0.39, 0.29) is 10.7 Å². The molecule has 116 valence electrons. The van der Waals surface area contributed by atoms with Gasteiger partial charge in [-0.1, -0.05) is 12.1 Å². The predicted octanol–water partition coefficient (Wildman–Crippen LogP) is 3.38. The molecule has 0 fully saturated rings. The second-order valence-electron chi connectivity index (χ2n) is 6.00. The number of hydrogen-bond acceptors (Lipinski definition) is 3. The molecule has 0 aliphatic rings. The summed E-state index contributed by atoms with van der Waals surface area (Å²) in [5.74, 6) is 0.266. The number of carbonyl (C=O) groups excluding carboxylic acids is 1. The number of pyridine rings is 1. The van der Waals surface area contributed by atoms with Crippen LogP contribution in [-0.2, 0) is 16.6 Å². The van der Waals surface area contributed by atoms with Crippen LogP contribution in [0.5, 0.6) is 0 Å². The zero-order valence-corrected chi connectivity index (χ0v) is 13.8. The number of nitrogens with one attached hydrogen (secondary N) is 1. The van der Waals surface area contributed by atoms with Crippen molar-refractivity contribution in [2.75, 3.05) is 5.32 Å². The molecule has 0 saturated carbocycles. The standard InChI is InChI=1S/C17H20N2O2S/c1-17(2,3)22(21)12-13-6-4-8-15(10-13)19-16(20)14-7-5-9-18-11-14/h4-11H,12H2,1-3H3,(H,19,20)/t22-/m0/s1. The van der Waals surface area contributed by atoms with Crippen molar-refractivity contribution in [3.63, 3.8) is 0 Å². The van der Waals surface area contributed by atoms with E-state index in [1.165, 1.54) is 6.20 Å². The normalized spacial score (nSPS) is 12.7. The van der Waals surface area contributed by atoms with E-state index >= 15 is 0 Å². The summed E-state index contributed by atoms with van der Waals surface area (Å²) < 4.78 is 11.9. The van der Waals surface area contributed by atoms with Crippen LogP contribution in [0.1, 0.15) is 36.7 Å². The van der Waals surface area contributed by atoms with Crippen LogP contribution >= 0.6 is 0 Å². The Hall–Kier alpha value is -2.01. The second-order valence-corrected chi connectivity index (χ2v) is 8.20. The summed E-state index contributed by atoms with van der Waals surface area (Å²) in [5, 5.41) is 2.83. The molecule has 0 radical (unpaired) electrons. The molecular formula is C17H20N2O2S. The highest BCUT2D eigenvalue weighted by Crippen LogP contribution is 2.19. The summed E-state index contributed by atoms with van der Waals surface area (Å²) in [5.41, 5.74) is 2.14. The number of carbonyl (C=O) groups is 1. The fourth-order valence-electron chi connectivity index (χ4n) is 1.81. The van der Waals surface area contributed by atoms with Gasteiger partial charge in [0.1, 0.15) is 0 Å². The number of benzene rings is 1. The van der Waals surface area contributed by atoms with Gasteiger partial charge in [0.2, 0.25) is 0 Å². The van der Waals surface area contributed by atoms with E-state index in [4.69, 9.17) is 0 Å². The number of aromatic nitrogens is 1. The molecule has 0 bridgehead atoms. The quantitative estimate of drug-likeness (QED) is 0.940. The van der Waals surface area contributed by atoms with Gasteiger partial charge in [0.15, 0.2) is 0 Å². The molecule has 5 heteroatoms. The summed E-state index contributed by atoms with van der Waals surface area (Å²) in [6.45, 7) is 5.87. The first-order valence-corrected chi connectivity index (χ1v) is 8.37. The van der Waals surface area contributed by atoms with Crippen LogP contribution in [0.25, 0.3) is 0 Å². The maximum Gasteiger partial charge on any atom is 0.257 e. The van der Waals surface area contributed by atoms with Crippen molar-refractivity contribution in [3.8, 4) is 0 Å². The minimum Gasteiger partial charge on any atom is -0.322 e. The third kappa shape index (κ3) is 4.49. The number of nitrogens with zero attached hydrogens (tertiary/aromatic N) is 1. The molecule has 2 rings (SSSR count). The van der Waals surface area contributed by atoms with E-state index in [1.807, 2.05) is 45.0 Å². The van der Waals surface area contributed by atoms with E-state index in [2.05, 4.69) is 10.3 Å². The first kappa shape index (κ1) is 16.4. The van der Waals surface area contributed by atoms with Crippen LogP contribution in [-0.4, -0.2) is 19.8 Å². The van der Waals surface area contributed by atoms with Gasteiger partial charge in [-0.2, -0.15) is 0 Å². The zero-order chi connectivity index (χ0) is 16.2. The number of amides is 1. The Balaban J connectivity index is 2.09. The van der Waals surface area contributed by atoms with Gasteiger partial charge in [0.05, 0.1) is 5.56 Å². The minimum absolute atomic E-state index is 0.206. The Labute approximate surface area is 133 Å². The Kier molecular flexibility index (Phi) is 5.08. The molecule has 1 aromatic heterocycles. The fraction of sp³-hybridized carbons (Fsp3) is 0.294. The summed E-state index contributed by atoms with van der Waals surface area (Å²) in [4.78, 5) is 16.0. The van der Waals surface area contributed by atoms with Crippen LogP contribution in [0.3, 0.4) is 0 Å². The van der Waals surface area contributed by atoms with Gasteiger partial charge in [-0.25, -0.2) is 0 Å². The zero-order valence-electron chi connectivity index (χ0n) is 13.0. The van der Waals surface area contributed by atoms with Gasteiger partial charge >= 0.3 is 0 Å². The molecule has 2 aromatic rings. The SMILES string of the molecule is CC(C)(C)[S@@](=O)Cc1cccc(NC(=O)c2cccnc2)c1. The minimum atomic E-state index is -0.968. The third-order valence-electron chi connectivity index (χ3n) is 3.09. The first-order valence-electron chi connectivity index (χ1n) is 7.05. The van der Waals surface area contributed by atoms with E-state index in [9.17, 15) is 9.00 Å². The lowest BCUT2D eigenvalue weighted by Gasteiger charge is -2.18. The molecule has 0 unspecified atom stereocenters. The Bertz CT molecular complexity index is 679. The lowest BCUT2D eigenvalue weighted by Crippen LogP contribution is -2.23. The van der Waals surface area contributed by atoms with Gasteiger partial charge in [-0.05, 0) is 50.6 Å². The van der Waals surface area contributed by atoms with Crippen molar-refractivity contribution in [2.24, 2.45) is 0 Å². The summed E-state index contributed by atoms with van der Waals surface area (Å²) in [6, 6.07) is 10.9. The number of rotatable bonds is 4. The van der Waals surface area contributed by atoms with Gasteiger partial charge in [0.25, 0.3) is 5.91 Å². The summed E-state index contributed by atoms with van der Waals surface area (Å²) in [6.07, 6.45) is 3.15. The van der Waals surface area contributed by atoms with Crippen molar-refractivity contribution in [2.45, 2.75) is 31.3 Å². The molecule has 22 heavy (non-hydrogen) atoms. The van der Waals surface area contributed by atoms with Crippen LogP contribution < -0.4 is 5.32 Å². The highest BCUT2D eigenvalue weighted by atomic mass is 32.2. The van der Waals surface area contributed by atoms with E-state index < -0.39 is 10.8 Å². The molecule has 1 N–H and O–H groups in total. The maximum atomic E-state index is 12.2. The molecule has 1 aromatic carbocycles. The Morgan fingerprint density at radius 1 is 1.23 bits per heavy atom. The highest BCUT2D eigenvalue weighted by molar-refractivity contribution is 7.85. The molecule has 1 amide bonds. The van der Waals surface area contributed by atoms with Crippen molar-refractivity contribution in [1.82, 2.24) is 4.98 Å². The topological polar surface area (TPSA) is 59.1 Å². The molecule has 0 aliphatic carbocycles. The molecule has 0 saturated heterocycles. The predicted molar refractivity (Wildman–Crippen MR) is 90.2 cm³/mol. The van der Waals surface area contributed by atoms with E-state index in [1.54, 1.807) is 18.3 Å². The van der Waals surface area contributed by atoms with Crippen LogP contribution in [0.4, 0.5) is 5.69 Å². The van der Waals surface area contributed by atoms with Gasteiger partial charge in [0, 0.05) is 39.4 Å². The van der Waals surface area contributed by atoms with Crippen LogP contribution in [0.15, 0.2) is 48.8 Å². The third-order valence-corrected chi connectivity index (χ3v) is 5.05. The Morgan fingerprint density at radius 2 is 2.00 bits per heavy atom. The molecule has 0 spiro atoms. The van der Waals surface area contributed by atoms with E-state index in [0.717, 1.165) is 5.56 Å². The van der Waals surface area contributed by atoms with Crippen LogP contribution in [0.2, 0.25) is 0 Å². The second kappa shape index (κ2) is 6.83. The first-order chi connectivity index (χ1) is 10.4. The van der Waals surface area contributed by atoms with Crippen molar-refractivity contribution in [1.29, 1.82) is 0 Å².